The van der Waals surface area contributed by atoms with E-state index >= 15 is 0 Å². The van der Waals surface area contributed by atoms with E-state index < -0.39 is 0 Å². The molecule has 0 fully saturated rings. The quantitative estimate of drug-likeness (QED) is 0.909. The van der Waals surface area contributed by atoms with Gasteiger partial charge in [-0.1, -0.05) is 13.8 Å². The molecule has 0 amide bonds. The minimum atomic E-state index is 0.258. The highest BCUT2D eigenvalue weighted by atomic mass is 79.9. The molecule has 96 valence electrons. The molecular formula is C13H22BrN3. The largest absolute Gasteiger partial charge is 0.360 e. The van der Waals surface area contributed by atoms with Crippen LogP contribution in [0.15, 0.2) is 16.7 Å². The van der Waals surface area contributed by atoms with E-state index in [2.05, 4.69) is 59.7 Å². The maximum atomic E-state index is 6.04. The molecule has 4 heteroatoms. The zero-order valence-electron chi connectivity index (χ0n) is 11.1. The Hall–Kier alpha value is -0.610. The highest BCUT2D eigenvalue weighted by Crippen LogP contribution is 2.19. The normalized spacial score (nSPS) is 12.9. The van der Waals surface area contributed by atoms with Crippen LogP contribution in [-0.2, 0) is 0 Å². The number of pyridine rings is 1. The monoisotopic (exact) mass is 299 g/mol. The molecule has 0 bridgehead atoms. The number of nitrogens with zero attached hydrogens (tertiary/aromatic N) is 2. The van der Waals surface area contributed by atoms with Gasteiger partial charge in [-0.2, -0.15) is 0 Å². The van der Waals surface area contributed by atoms with Crippen LogP contribution in [0.5, 0.6) is 0 Å². The average Bonchev–Trinajstić information content (AvgIpc) is 2.28. The summed E-state index contributed by atoms with van der Waals surface area (Å²) in [6, 6.07) is 2.35. The van der Waals surface area contributed by atoms with Crippen molar-refractivity contribution in [1.82, 2.24) is 4.98 Å². The van der Waals surface area contributed by atoms with E-state index in [1.807, 2.05) is 6.20 Å². The van der Waals surface area contributed by atoms with Gasteiger partial charge in [-0.15, -0.1) is 0 Å². The molecule has 0 aliphatic heterocycles. The Bertz CT molecular complexity index is 366. The van der Waals surface area contributed by atoms with Gasteiger partial charge in [0, 0.05) is 30.3 Å². The topological polar surface area (TPSA) is 42.1 Å². The molecule has 17 heavy (non-hydrogen) atoms. The van der Waals surface area contributed by atoms with Crippen LogP contribution in [0.3, 0.4) is 0 Å². The lowest BCUT2D eigenvalue weighted by molar-refractivity contribution is 0.465. The first kappa shape index (κ1) is 14.5. The van der Waals surface area contributed by atoms with Crippen molar-refractivity contribution < 1.29 is 0 Å². The summed E-state index contributed by atoms with van der Waals surface area (Å²) in [5.41, 5.74) is 7.25. The first-order valence-electron chi connectivity index (χ1n) is 6.00. The predicted octanol–water partition coefficient (Wildman–Crippen LogP) is 2.96. The van der Waals surface area contributed by atoms with Crippen molar-refractivity contribution in [3.8, 4) is 0 Å². The van der Waals surface area contributed by atoms with Crippen LogP contribution in [0.1, 0.15) is 25.8 Å². The molecule has 0 spiro atoms. The molecule has 0 aliphatic rings. The summed E-state index contributed by atoms with van der Waals surface area (Å²) in [5.74, 6) is 1.53. The van der Waals surface area contributed by atoms with E-state index in [0.717, 1.165) is 23.3 Å². The number of aromatic nitrogens is 1. The minimum absolute atomic E-state index is 0.258. The van der Waals surface area contributed by atoms with E-state index in [1.165, 1.54) is 5.56 Å². The molecule has 1 atom stereocenters. The lowest BCUT2D eigenvalue weighted by Crippen LogP contribution is -2.32. The lowest BCUT2D eigenvalue weighted by atomic mass is 10.0. The second kappa shape index (κ2) is 6.36. The van der Waals surface area contributed by atoms with Crippen LogP contribution in [-0.4, -0.2) is 24.6 Å². The molecule has 3 nitrogen and oxygen atoms in total. The van der Waals surface area contributed by atoms with Crippen molar-refractivity contribution in [3.05, 3.63) is 22.3 Å². The molecule has 0 saturated heterocycles. The minimum Gasteiger partial charge on any atom is -0.360 e. The third-order valence-electron chi connectivity index (χ3n) is 3.08. The molecule has 1 unspecified atom stereocenters. The van der Waals surface area contributed by atoms with Gasteiger partial charge in [0.25, 0.3) is 0 Å². The van der Waals surface area contributed by atoms with E-state index in [4.69, 9.17) is 5.73 Å². The highest BCUT2D eigenvalue weighted by molar-refractivity contribution is 9.10. The van der Waals surface area contributed by atoms with E-state index in [1.54, 1.807) is 0 Å². The lowest BCUT2D eigenvalue weighted by Gasteiger charge is -2.22. The van der Waals surface area contributed by atoms with E-state index in [0.29, 0.717) is 5.92 Å². The van der Waals surface area contributed by atoms with Crippen LogP contribution in [0.2, 0.25) is 0 Å². The smallest absolute Gasteiger partial charge is 0.128 e. The first-order chi connectivity index (χ1) is 7.91. The summed E-state index contributed by atoms with van der Waals surface area (Å²) < 4.78 is 1.05. The molecule has 0 radical (unpaired) electrons. The predicted molar refractivity (Wildman–Crippen MR) is 77.4 cm³/mol. The number of halogens is 1. The van der Waals surface area contributed by atoms with Gasteiger partial charge in [0.1, 0.15) is 5.82 Å². The van der Waals surface area contributed by atoms with Crippen molar-refractivity contribution in [3.63, 3.8) is 0 Å². The van der Waals surface area contributed by atoms with Gasteiger partial charge in [0.15, 0.2) is 0 Å². The Morgan fingerprint density at radius 1 is 1.47 bits per heavy atom. The molecule has 1 rings (SSSR count). The van der Waals surface area contributed by atoms with Crippen LogP contribution in [0.25, 0.3) is 0 Å². The fraction of sp³-hybridized carbons (Fsp3) is 0.615. The Labute approximate surface area is 113 Å². The first-order valence-corrected chi connectivity index (χ1v) is 6.80. The summed E-state index contributed by atoms with van der Waals surface area (Å²) in [6.07, 6.45) is 2.84. The number of hydrogen-bond donors (Lipinski definition) is 1. The maximum Gasteiger partial charge on any atom is 0.128 e. The Morgan fingerprint density at radius 2 is 2.12 bits per heavy atom. The Kier molecular flexibility index (Phi) is 5.40. The fourth-order valence-corrected chi connectivity index (χ4v) is 1.74. The summed E-state index contributed by atoms with van der Waals surface area (Å²) >= 11 is 3.46. The van der Waals surface area contributed by atoms with Gasteiger partial charge in [0.2, 0.25) is 0 Å². The zero-order chi connectivity index (χ0) is 13.0. The summed E-state index contributed by atoms with van der Waals surface area (Å²) in [5, 5.41) is 0. The maximum absolute atomic E-state index is 6.04. The van der Waals surface area contributed by atoms with Gasteiger partial charge < -0.3 is 10.6 Å². The SMILES string of the molecule is Cc1cc(N(C)CCC(N)C(C)C)ncc1Br. The number of hydrogen-bond acceptors (Lipinski definition) is 3. The van der Waals surface area contributed by atoms with Crippen molar-refractivity contribution in [2.45, 2.75) is 33.2 Å². The van der Waals surface area contributed by atoms with Gasteiger partial charge in [-0.05, 0) is 46.8 Å². The van der Waals surface area contributed by atoms with Gasteiger partial charge >= 0.3 is 0 Å². The van der Waals surface area contributed by atoms with E-state index in [9.17, 15) is 0 Å². The molecular weight excluding hydrogens is 278 g/mol. The van der Waals surface area contributed by atoms with Crippen molar-refractivity contribution in [2.75, 3.05) is 18.5 Å². The van der Waals surface area contributed by atoms with Crippen LogP contribution in [0.4, 0.5) is 5.82 Å². The molecule has 1 aromatic rings. The second-order valence-corrected chi connectivity index (χ2v) is 5.76. The summed E-state index contributed by atoms with van der Waals surface area (Å²) in [6.45, 7) is 7.33. The molecule has 0 saturated carbocycles. The fourth-order valence-electron chi connectivity index (χ4n) is 1.52. The third-order valence-corrected chi connectivity index (χ3v) is 3.91. The van der Waals surface area contributed by atoms with E-state index in [-0.39, 0.29) is 6.04 Å². The number of rotatable bonds is 5. The Balaban J connectivity index is 2.58. The standard InChI is InChI=1S/C13H22BrN3/c1-9(2)12(15)5-6-17(4)13-7-10(3)11(14)8-16-13/h7-9,12H,5-6,15H2,1-4H3. The second-order valence-electron chi connectivity index (χ2n) is 4.91. The van der Waals surface area contributed by atoms with Crippen LogP contribution >= 0.6 is 15.9 Å². The van der Waals surface area contributed by atoms with Gasteiger partial charge in [-0.3, -0.25) is 0 Å². The van der Waals surface area contributed by atoms with Gasteiger partial charge in [0.05, 0.1) is 0 Å². The molecule has 0 aliphatic carbocycles. The van der Waals surface area contributed by atoms with Gasteiger partial charge in [-0.25, -0.2) is 4.98 Å². The van der Waals surface area contributed by atoms with Crippen molar-refractivity contribution in [2.24, 2.45) is 11.7 Å². The van der Waals surface area contributed by atoms with Crippen molar-refractivity contribution >= 4 is 21.7 Å². The summed E-state index contributed by atoms with van der Waals surface area (Å²) in [7, 11) is 2.06. The van der Waals surface area contributed by atoms with Crippen LogP contribution in [0, 0.1) is 12.8 Å². The average molecular weight is 300 g/mol. The highest BCUT2D eigenvalue weighted by Gasteiger charge is 2.10. The number of aryl methyl sites for hydroxylation is 1. The Morgan fingerprint density at radius 3 is 2.65 bits per heavy atom. The zero-order valence-corrected chi connectivity index (χ0v) is 12.7. The molecule has 1 heterocycles. The van der Waals surface area contributed by atoms with Crippen molar-refractivity contribution in [1.29, 1.82) is 0 Å². The summed E-state index contributed by atoms with van der Waals surface area (Å²) in [4.78, 5) is 6.55. The number of nitrogens with two attached hydrogens (primary N) is 1. The van der Waals surface area contributed by atoms with Crippen LogP contribution < -0.4 is 10.6 Å². The number of anilines is 1. The third kappa shape index (κ3) is 4.28. The molecule has 2 N–H and O–H groups in total. The molecule has 0 aromatic carbocycles. The molecule has 1 aromatic heterocycles.